The molecule has 3 aromatic heterocycles. The number of nitrogens with zero attached hydrogens (tertiary/aromatic N) is 6. The van der Waals surface area contributed by atoms with Gasteiger partial charge in [0.2, 0.25) is 0 Å². The van der Waals surface area contributed by atoms with Gasteiger partial charge >= 0.3 is 0 Å². The lowest BCUT2D eigenvalue weighted by atomic mass is 10.0. The van der Waals surface area contributed by atoms with Crippen molar-refractivity contribution in [1.29, 1.82) is 0 Å². The van der Waals surface area contributed by atoms with Gasteiger partial charge in [0.1, 0.15) is 5.65 Å². The molecule has 1 saturated heterocycles. The first kappa shape index (κ1) is 19.7. The molecule has 4 heterocycles. The Hall–Kier alpha value is -2.10. The molecular weight excluding hydrogens is 453 g/mol. The molecule has 1 atom stereocenters. The molecule has 0 aromatic carbocycles. The Balaban J connectivity index is 0.00000210. The molecule has 0 spiro atoms. The number of fused-ring (bicyclic) bond motifs is 1. The number of halogens is 1. The lowest BCUT2D eigenvalue weighted by molar-refractivity contribution is 0.485. The maximum Gasteiger partial charge on any atom is 0.193 e. The summed E-state index contributed by atoms with van der Waals surface area (Å²) in [5, 5.41) is 7.76. The van der Waals surface area contributed by atoms with Gasteiger partial charge in [0.05, 0.1) is 18.4 Å². The first-order chi connectivity index (χ1) is 12.6. The van der Waals surface area contributed by atoms with E-state index in [1.807, 2.05) is 25.0 Å². The summed E-state index contributed by atoms with van der Waals surface area (Å²) in [4.78, 5) is 11.5. The van der Waals surface area contributed by atoms with Crippen LogP contribution in [-0.2, 0) is 13.6 Å². The Morgan fingerprint density at radius 3 is 2.96 bits per heavy atom. The summed E-state index contributed by atoms with van der Waals surface area (Å²) < 4.78 is 3.93. The van der Waals surface area contributed by atoms with Crippen LogP contribution in [0.4, 0.5) is 0 Å². The van der Waals surface area contributed by atoms with E-state index in [2.05, 4.69) is 67.3 Å². The minimum atomic E-state index is 0. The van der Waals surface area contributed by atoms with E-state index >= 15 is 0 Å². The minimum Gasteiger partial charge on any atom is -0.351 e. The zero-order chi connectivity index (χ0) is 18.1. The van der Waals surface area contributed by atoms with E-state index in [4.69, 9.17) is 0 Å². The normalized spacial score (nSPS) is 17.4. The summed E-state index contributed by atoms with van der Waals surface area (Å²) in [6.45, 7) is 4.72. The Morgan fingerprint density at radius 2 is 2.22 bits per heavy atom. The van der Waals surface area contributed by atoms with E-state index < -0.39 is 0 Å². The second-order valence-electron chi connectivity index (χ2n) is 6.98. The highest BCUT2D eigenvalue weighted by atomic mass is 127. The molecule has 1 aliphatic heterocycles. The summed E-state index contributed by atoms with van der Waals surface area (Å²) in [7, 11) is 3.81. The fraction of sp³-hybridized carbons (Fsp3) is 0.421. The van der Waals surface area contributed by atoms with Crippen LogP contribution in [0.5, 0.6) is 0 Å². The minimum absolute atomic E-state index is 0. The van der Waals surface area contributed by atoms with Crippen molar-refractivity contribution in [2.24, 2.45) is 12.0 Å². The molecule has 1 aliphatic rings. The fourth-order valence-electron chi connectivity index (χ4n) is 3.60. The Labute approximate surface area is 176 Å². The molecule has 27 heavy (non-hydrogen) atoms. The maximum absolute atomic E-state index is 4.69. The molecule has 0 aliphatic carbocycles. The molecule has 0 bridgehead atoms. The number of hydrogen-bond acceptors (Lipinski definition) is 3. The van der Waals surface area contributed by atoms with Crippen LogP contribution >= 0.6 is 24.0 Å². The van der Waals surface area contributed by atoms with E-state index in [0.29, 0.717) is 12.5 Å². The Kier molecular flexibility index (Phi) is 6.03. The third kappa shape index (κ3) is 4.26. The number of rotatable bonds is 3. The van der Waals surface area contributed by atoms with Crippen molar-refractivity contribution in [2.45, 2.75) is 25.8 Å². The SMILES string of the molecule is CN=C(NCc1cn2ccc(C)cc2n1)N1CCC(c2cnn(C)c2)C1.I. The summed E-state index contributed by atoms with van der Waals surface area (Å²) in [5.74, 6) is 1.45. The largest absolute Gasteiger partial charge is 0.351 e. The van der Waals surface area contributed by atoms with E-state index in [-0.39, 0.29) is 24.0 Å². The second-order valence-corrected chi connectivity index (χ2v) is 6.98. The third-order valence-electron chi connectivity index (χ3n) is 4.99. The summed E-state index contributed by atoms with van der Waals surface area (Å²) in [6.07, 6.45) is 9.33. The van der Waals surface area contributed by atoms with Gasteiger partial charge in [-0.2, -0.15) is 5.10 Å². The van der Waals surface area contributed by atoms with Crippen molar-refractivity contribution in [3.05, 3.63) is 53.7 Å². The molecule has 1 fully saturated rings. The molecule has 3 aromatic rings. The second kappa shape index (κ2) is 8.28. The number of hydrogen-bond donors (Lipinski definition) is 1. The van der Waals surface area contributed by atoms with E-state index in [9.17, 15) is 0 Å². The molecule has 4 rings (SSSR count). The van der Waals surface area contributed by atoms with Gasteiger partial charge in [-0.25, -0.2) is 4.98 Å². The highest BCUT2D eigenvalue weighted by molar-refractivity contribution is 14.0. The highest BCUT2D eigenvalue weighted by Crippen LogP contribution is 2.26. The van der Waals surface area contributed by atoms with E-state index in [0.717, 1.165) is 36.8 Å². The summed E-state index contributed by atoms with van der Waals surface area (Å²) in [6, 6.07) is 4.19. The van der Waals surface area contributed by atoms with Crippen molar-refractivity contribution in [3.63, 3.8) is 0 Å². The quantitative estimate of drug-likeness (QED) is 0.357. The van der Waals surface area contributed by atoms with E-state index in [1.165, 1.54) is 11.1 Å². The number of aliphatic imine (C=N–C) groups is 1. The van der Waals surface area contributed by atoms with Crippen molar-refractivity contribution < 1.29 is 0 Å². The monoisotopic (exact) mass is 479 g/mol. The van der Waals surface area contributed by atoms with Crippen molar-refractivity contribution in [3.8, 4) is 0 Å². The molecule has 0 radical (unpaired) electrons. The van der Waals surface area contributed by atoms with Gasteiger partial charge in [0, 0.05) is 51.7 Å². The predicted molar refractivity (Wildman–Crippen MR) is 118 cm³/mol. The smallest absolute Gasteiger partial charge is 0.193 e. The Morgan fingerprint density at radius 1 is 1.37 bits per heavy atom. The highest BCUT2D eigenvalue weighted by Gasteiger charge is 2.26. The number of imidazole rings is 1. The van der Waals surface area contributed by atoms with Crippen LogP contribution in [0, 0.1) is 6.92 Å². The standard InChI is InChI=1S/C19H25N7.HI/c1-14-4-6-25-13-17(23-18(25)8-14)10-21-19(20-2)26-7-5-15(12-26)16-9-22-24(3)11-16;/h4,6,8-9,11,13,15H,5,7,10,12H2,1-3H3,(H,20,21);1H. The van der Waals surface area contributed by atoms with Crippen molar-refractivity contribution in [2.75, 3.05) is 20.1 Å². The number of likely N-dealkylation sites (tertiary alicyclic amines) is 1. The molecule has 7 nitrogen and oxygen atoms in total. The molecular formula is C19H26IN7. The van der Waals surface area contributed by atoms with Gasteiger partial charge in [-0.1, -0.05) is 0 Å². The van der Waals surface area contributed by atoms with Gasteiger partial charge in [0.15, 0.2) is 5.96 Å². The van der Waals surface area contributed by atoms with Gasteiger partial charge in [-0.05, 0) is 36.6 Å². The topological polar surface area (TPSA) is 62.8 Å². The number of aryl methyl sites for hydroxylation is 2. The van der Waals surface area contributed by atoms with Crippen LogP contribution in [-0.4, -0.2) is 50.2 Å². The van der Waals surface area contributed by atoms with Crippen LogP contribution < -0.4 is 5.32 Å². The average Bonchev–Trinajstić information content (AvgIpc) is 3.34. The number of pyridine rings is 1. The number of nitrogens with one attached hydrogen (secondary N) is 1. The van der Waals surface area contributed by atoms with Crippen LogP contribution in [0.1, 0.15) is 29.2 Å². The molecule has 0 amide bonds. The molecule has 1 unspecified atom stereocenters. The van der Waals surface area contributed by atoms with E-state index in [1.54, 1.807) is 0 Å². The van der Waals surface area contributed by atoms with Gasteiger partial charge in [-0.3, -0.25) is 9.67 Å². The molecule has 0 saturated carbocycles. The van der Waals surface area contributed by atoms with Crippen LogP contribution in [0.3, 0.4) is 0 Å². The zero-order valence-electron chi connectivity index (χ0n) is 16.0. The average molecular weight is 479 g/mol. The summed E-state index contributed by atoms with van der Waals surface area (Å²) in [5.41, 5.74) is 4.52. The predicted octanol–water partition coefficient (Wildman–Crippen LogP) is 2.56. The first-order valence-electron chi connectivity index (χ1n) is 9.01. The lowest BCUT2D eigenvalue weighted by Crippen LogP contribution is -2.39. The van der Waals surface area contributed by atoms with Gasteiger partial charge in [0.25, 0.3) is 0 Å². The van der Waals surface area contributed by atoms with Gasteiger partial charge < -0.3 is 14.6 Å². The van der Waals surface area contributed by atoms with Gasteiger partial charge in [-0.15, -0.1) is 24.0 Å². The van der Waals surface area contributed by atoms with Crippen LogP contribution in [0.15, 0.2) is 41.9 Å². The molecule has 8 heteroatoms. The zero-order valence-corrected chi connectivity index (χ0v) is 18.3. The molecule has 144 valence electrons. The summed E-state index contributed by atoms with van der Waals surface area (Å²) >= 11 is 0. The number of aromatic nitrogens is 4. The number of guanidine groups is 1. The van der Waals surface area contributed by atoms with Crippen LogP contribution in [0.25, 0.3) is 5.65 Å². The Bertz CT molecular complexity index is 943. The van der Waals surface area contributed by atoms with Crippen molar-refractivity contribution >= 4 is 35.6 Å². The maximum atomic E-state index is 4.69. The van der Waals surface area contributed by atoms with Crippen LogP contribution in [0.2, 0.25) is 0 Å². The fourth-order valence-corrected chi connectivity index (χ4v) is 3.60. The third-order valence-corrected chi connectivity index (χ3v) is 4.99. The lowest BCUT2D eigenvalue weighted by Gasteiger charge is -2.21. The molecule has 1 N–H and O–H groups in total. The van der Waals surface area contributed by atoms with Crippen molar-refractivity contribution in [1.82, 2.24) is 29.4 Å². The first-order valence-corrected chi connectivity index (χ1v) is 9.01.